The maximum Gasteiger partial charge on any atom is 0.243 e. The first-order valence-corrected chi connectivity index (χ1v) is 8.45. The van der Waals surface area contributed by atoms with Gasteiger partial charge >= 0.3 is 0 Å². The number of primary amides is 1. The second-order valence-electron chi connectivity index (χ2n) is 6.71. The molecule has 0 unspecified atom stereocenters. The molecule has 7 heteroatoms. The van der Waals surface area contributed by atoms with Gasteiger partial charge < -0.3 is 22.1 Å². The lowest BCUT2D eigenvalue weighted by atomic mass is 10.0. The lowest BCUT2D eigenvalue weighted by molar-refractivity contribution is -0.132. The van der Waals surface area contributed by atoms with E-state index in [-0.39, 0.29) is 23.7 Å². The number of rotatable bonds is 11. The summed E-state index contributed by atoms with van der Waals surface area (Å²) in [6, 6.07) is -1.35. The maximum atomic E-state index is 12.4. The van der Waals surface area contributed by atoms with E-state index in [4.69, 9.17) is 11.5 Å². The highest BCUT2D eigenvalue weighted by molar-refractivity contribution is 5.92. The first-order chi connectivity index (χ1) is 10.8. The number of carbonyl (C=O) groups is 3. The molecule has 6 N–H and O–H groups in total. The SMILES string of the molecule is CC(C)C[C@H](NC(=O)[C@H](CCCCN)NC(=O)C1CC1)C(N)=O. The van der Waals surface area contributed by atoms with Gasteiger partial charge in [0.15, 0.2) is 0 Å². The van der Waals surface area contributed by atoms with Gasteiger partial charge in [0.05, 0.1) is 0 Å². The van der Waals surface area contributed by atoms with Crippen molar-refractivity contribution in [3.8, 4) is 0 Å². The quantitative estimate of drug-likeness (QED) is 0.399. The van der Waals surface area contributed by atoms with E-state index in [2.05, 4.69) is 10.6 Å². The van der Waals surface area contributed by atoms with Gasteiger partial charge in [0.25, 0.3) is 0 Å². The molecule has 132 valence electrons. The minimum Gasteiger partial charge on any atom is -0.368 e. The van der Waals surface area contributed by atoms with Crippen LogP contribution >= 0.6 is 0 Å². The van der Waals surface area contributed by atoms with Crippen molar-refractivity contribution in [3.63, 3.8) is 0 Å². The van der Waals surface area contributed by atoms with E-state index in [1.807, 2.05) is 13.8 Å². The van der Waals surface area contributed by atoms with Crippen LogP contribution in [0.3, 0.4) is 0 Å². The van der Waals surface area contributed by atoms with Crippen LogP contribution < -0.4 is 22.1 Å². The van der Waals surface area contributed by atoms with Crippen molar-refractivity contribution in [3.05, 3.63) is 0 Å². The number of hydrogen-bond donors (Lipinski definition) is 4. The van der Waals surface area contributed by atoms with Gasteiger partial charge in [-0.2, -0.15) is 0 Å². The third-order valence-electron chi connectivity index (χ3n) is 3.90. The van der Waals surface area contributed by atoms with Crippen LogP contribution in [0.2, 0.25) is 0 Å². The average molecular weight is 326 g/mol. The fourth-order valence-electron chi connectivity index (χ4n) is 2.39. The summed E-state index contributed by atoms with van der Waals surface area (Å²) in [6.07, 6.45) is 4.27. The molecule has 1 saturated carbocycles. The van der Waals surface area contributed by atoms with Gasteiger partial charge in [0, 0.05) is 5.92 Å². The summed E-state index contributed by atoms with van der Waals surface area (Å²) in [5, 5.41) is 5.47. The van der Waals surface area contributed by atoms with Crippen molar-refractivity contribution >= 4 is 17.7 Å². The average Bonchev–Trinajstić information content (AvgIpc) is 3.29. The molecule has 7 nitrogen and oxygen atoms in total. The number of hydrogen-bond acceptors (Lipinski definition) is 4. The Kier molecular flexibility index (Phi) is 8.02. The minimum absolute atomic E-state index is 0.0300. The van der Waals surface area contributed by atoms with Gasteiger partial charge in [-0.15, -0.1) is 0 Å². The molecule has 0 radical (unpaired) electrons. The lowest BCUT2D eigenvalue weighted by Crippen LogP contribution is -2.53. The van der Waals surface area contributed by atoms with Gasteiger partial charge in [-0.1, -0.05) is 13.8 Å². The van der Waals surface area contributed by atoms with Gasteiger partial charge in [-0.05, 0) is 51.0 Å². The molecule has 1 aliphatic rings. The summed E-state index contributed by atoms with van der Waals surface area (Å²) in [7, 11) is 0. The van der Waals surface area contributed by atoms with E-state index in [0.717, 1.165) is 25.7 Å². The molecule has 1 rings (SSSR count). The molecule has 2 atom stereocenters. The molecule has 0 aliphatic heterocycles. The summed E-state index contributed by atoms with van der Waals surface area (Å²) in [4.78, 5) is 35.9. The monoisotopic (exact) mass is 326 g/mol. The molecule has 0 bridgehead atoms. The molecule has 0 spiro atoms. The van der Waals surface area contributed by atoms with Crippen LogP contribution in [0.5, 0.6) is 0 Å². The summed E-state index contributed by atoms with van der Waals surface area (Å²) in [6.45, 7) is 4.45. The van der Waals surface area contributed by atoms with Crippen LogP contribution in [0.15, 0.2) is 0 Å². The smallest absolute Gasteiger partial charge is 0.243 e. The van der Waals surface area contributed by atoms with Crippen LogP contribution in [0.4, 0.5) is 0 Å². The van der Waals surface area contributed by atoms with E-state index in [1.54, 1.807) is 0 Å². The summed E-state index contributed by atoms with van der Waals surface area (Å²) in [5.41, 5.74) is 10.8. The van der Waals surface area contributed by atoms with E-state index in [1.165, 1.54) is 0 Å². The third-order valence-corrected chi connectivity index (χ3v) is 3.90. The van der Waals surface area contributed by atoms with E-state index < -0.39 is 18.0 Å². The maximum absolute atomic E-state index is 12.4. The molecule has 0 saturated heterocycles. The summed E-state index contributed by atoms with van der Waals surface area (Å²) >= 11 is 0. The second-order valence-corrected chi connectivity index (χ2v) is 6.71. The molecule has 3 amide bonds. The Morgan fingerprint density at radius 2 is 1.74 bits per heavy atom. The van der Waals surface area contributed by atoms with Crippen molar-refractivity contribution in [1.29, 1.82) is 0 Å². The fraction of sp³-hybridized carbons (Fsp3) is 0.812. The van der Waals surface area contributed by atoms with Gasteiger partial charge in [0.1, 0.15) is 12.1 Å². The van der Waals surface area contributed by atoms with Crippen LogP contribution in [0.25, 0.3) is 0 Å². The zero-order chi connectivity index (χ0) is 17.4. The first-order valence-electron chi connectivity index (χ1n) is 8.45. The molecule has 1 fully saturated rings. The van der Waals surface area contributed by atoms with E-state index in [0.29, 0.717) is 19.4 Å². The highest BCUT2D eigenvalue weighted by atomic mass is 16.2. The topological polar surface area (TPSA) is 127 Å². The summed E-state index contributed by atoms with van der Waals surface area (Å²) in [5.74, 6) is -0.730. The molecule has 0 heterocycles. The van der Waals surface area contributed by atoms with Gasteiger partial charge in [0.2, 0.25) is 17.7 Å². The highest BCUT2D eigenvalue weighted by Gasteiger charge is 2.33. The largest absolute Gasteiger partial charge is 0.368 e. The number of amides is 3. The van der Waals surface area contributed by atoms with Crippen molar-refractivity contribution in [2.75, 3.05) is 6.54 Å². The van der Waals surface area contributed by atoms with Crippen LogP contribution in [-0.4, -0.2) is 36.3 Å². The normalized spacial score (nSPS) is 16.7. The number of carbonyl (C=O) groups excluding carboxylic acids is 3. The molecule has 0 aromatic heterocycles. The molecule has 23 heavy (non-hydrogen) atoms. The standard InChI is InChI=1S/C16H30N4O3/c1-10(2)9-13(14(18)21)20-16(23)12(5-3-4-8-17)19-15(22)11-6-7-11/h10-13H,3-9,17H2,1-2H3,(H2,18,21)(H,19,22)(H,20,23)/t12-,13-/m0/s1. The Morgan fingerprint density at radius 3 is 2.22 bits per heavy atom. The van der Waals surface area contributed by atoms with Crippen molar-refractivity contribution in [2.24, 2.45) is 23.3 Å². The van der Waals surface area contributed by atoms with Crippen molar-refractivity contribution in [2.45, 2.75) is 64.5 Å². The van der Waals surface area contributed by atoms with Crippen molar-refractivity contribution in [1.82, 2.24) is 10.6 Å². The Hall–Kier alpha value is -1.63. The van der Waals surface area contributed by atoms with Gasteiger partial charge in [-0.3, -0.25) is 14.4 Å². The predicted octanol–water partition coefficient (Wildman–Crippen LogP) is 0.0264. The predicted molar refractivity (Wildman–Crippen MR) is 88.1 cm³/mol. The molecule has 1 aliphatic carbocycles. The second kappa shape index (κ2) is 9.50. The fourth-order valence-corrected chi connectivity index (χ4v) is 2.39. The first kappa shape index (κ1) is 19.4. The number of nitrogens with two attached hydrogens (primary N) is 2. The van der Waals surface area contributed by atoms with Gasteiger partial charge in [-0.25, -0.2) is 0 Å². The Balaban J connectivity index is 2.63. The zero-order valence-electron chi connectivity index (χ0n) is 14.1. The molecular weight excluding hydrogens is 296 g/mol. The van der Waals surface area contributed by atoms with Crippen LogP contribution in [0.1, 0.15) is 52.4 Å². The number of nitrogens with one attached hydrogen (secondary N) is 2. The Bertz CT molecular complexity index is 422. The van der Waals surface area contributed by atoms with Crippen LogP contribution in [0, 0.1) is 11.8 Å². The Morgan fingerprint density at radius 1 is 1.09 bits per heavy atom. The zero-order valence-corrected chi connectivity index (χ0v) is 14.1. The molecule has 0 aromatic carbocycles. The lowest BCUT2D eigenvalue weighted by Gasteiger charge is -2.23. The Labute approximate surface area is 137 Å². The number of unbranched alkanes of at least 4 members (excludes halogenated alkanes) is 1. The highest BCUT2D eigenvalue weighted by Crippen LogP contribution is 2.29. The van der Waals surface area contributed by atoms with Crippen LogP contribution in [-0.2, 0) is 14.4 Å². The van der Waals surface area contributed by atoms with Crippen molar-refractivity contribution < 1.29 is 14.4 Å². The molecular formula is C16H30N4O3. The minimum atomic E-state index is -0.711. The van der Waals surface area contributed by atoms with E-state index >= 15 is 0 Å². The summed E-state index contributed by atoms with van der Waals surface area (Å²) < 4.78 is 0. The molecule has 0 aromatic rings. The van der Waals surface area contributed by atoms with E-state index in [9.17, 15) is 14.4 Å². The third kappa shape index (κ3) is 7.45.